The summed E-state index contributed by atoms with van der Waals surface area (Å²) in [5.41, 5.74) is 1.63. The van der Waals surface area contributed by atoms with E-state index in [0.29, 0.717) is 5.57 Å². The van der Waals surface area contributed by atoms with Gasteiger partial charge in [-0.2, -0.15) is 0 Å². The van der Waals surface area contributed by atoms with Gasteiger partial charge in [-0.3, -0.25) is 0 Å². The van der Waals surface area contributed by atoms with E-state index in [4.69, 9.17) is 9.84 Å². The molecule has 0 radical (unpaired) electrons. The van der Waals surface area contributed by atoms with Crippen LogP contribution in [0.4, 0.5) is 0 Å². The Morgan fingerprint density at radius 2 is 1.80 bits per heavy atom. The second-order valence-electron chi connectivity index (χ2n) is 4.57. The van der Waals surface area contributed by atoms with Gasteiger partial charge in [-0.1, -0.05) is 36.4 Å². The Morgan fingerprint density at radius 3 is 2.50 bits per heavy atom. The molecule has 0 aromatic heterocycles. The number of aliphatic hydroxyl groups is 2. The molecule has 2 aromatic carbocycles. The maximum Gasteiger partial charge on any atom is 0.128 e. The van der Waals surface area contributed by atoms with Crippen LogP contribution in [0.5, 0.6) is 11.5 Å². The highest BCUT2D eigenvalue weighted by Gasteiger charge is 2.04. The molecule has 0 bridgehead atoms. The number of hydrogen-bond donors (Lipinski definition) is 2. The highest BCUT2D eigenvalue weighted by Crippen LogP contribution is 2.23. The number of aliphatic hydroxyl groups excluding tert-OH is 2. The first kappa shape index (κ1) is 14.3. The van der Waals surface area contributed by atoms with E-state index in [0.717, 1.165) is 17.1 Å². The van der Waals surface area contributed by atoms with Crippen LogP contribution < -0.4 is 4.74 Å². The fraction of sp³-hybridized carbons (Fsp3) is 0.176. The van der Waals surface area contributed by atoms with Gasteiger partial charge < -0.3 is 14.9 Å². The van der Waals surface area contributed by atoms with Crippen molar-refractivity contribution in [2.75, 3.05) is 6.61 Å². The van der Waals surface area contributed by atoms with E-state index in [9.17, 15) is 5.11 Å². The van der Waals surface area contributed by atoms with Crippen LogP contribution >= 0.6 is 0 Å². The fourth-order valence-corrected chi connectivity index (χ4v) is 1.80. The molecule has 0 saturated heterocycles. The van der Waals surface area contributed by atoms with Crippen LogP contribution in [0.15, 0.2) is 60.2 Å². The lowest BCUT2D eigenvalue weighted by Crippen LogP contribution is -2.12. The van der Waals surface area contributed by atoms with Gasteiger partial charge in [-0.15, -0.1) is 0 Å². The Morgan fingerprint density at radius 1 is 1.10 bits per heavy atom. The predicted octanol–water partition coefficient (Wildman–Crippen LogP) is 3.24. The second-order valence-corrected chi connectivity index (χ2v) is 4.57. The van der Waals surface area contributed by atoms with E-state index in [2.05, 4.69) is 0 Å². The van der Waals surface area contributed by atoms with E-state index < -0.39 is 6.10 Å². The van der Waals surface area contributed by atoms with Gasteiger partial charge in [0.15, 0.2) is 0 Å². The van der Waals surface area contributed by atoms with Gasteiger partial charge in [0.2, 0.25) is 0 Å². The molecule has 0 heterocycles. The lowest BCUT2D eigenvalue weighted by atomic mass is 10.1. The molecule has 20 heavy (non-hydrogen) atoms. The predicted molar refractivity (Wildman–Crippen MR) is 79.7 cm³/mol. The molecule has 2 N–H and O–H groups in total. The Balaban J connectivity index is 2.16. The zero-order valence-electron chi connectivity index (χ0n) is 11.4. The van der Waals surface area contributed by atoms with Gasteiger partial charge in [0.1, 0.15) is 11.5 Å². The van der Waals surface area contributed by atoms with Gasteiger partial charge in [-0.25, -0.2) is 0 Å². The van der Waals surface area contributed by atoms with Crippen LogP contribution in [0.1, 0.15) is 12.5 Å². The second kappa shape index (κ2) is 6.89. The first-order valence-corrected chi connectivity index (χ1v) is 6.49. The van der Waals surface area contributed by atoms with Crippen LogP contribution in [-0.2, 0) is 0 Å². The van der Waals surface area contributed by atoms with Crippen molar-refractivity contribution in [3.63, 3.8) is 0 Å². The topological polar surface area (TPSA) is 49.7 Å². The van der Waals surface area contributed by atoms with Gasteiger partial charge in [0.05, 0.1) is 12.7 Å². The molecule has 0 aliphatic carbocycles. The molecule has 3 nitrogen and oxygen atoms in total. The number of benzene rings is 2. The minimum atomic E-state index is -0.825. The third kappa shape index (κ3) is 3.95. The lowest BCUT2D eigenvalue weighted by Gasteiger charge is -2.09. The van der Waals surface area contributed by atoms with Crippen molar-refractivity contribution in [1.29, 1.82) is 0 Å². The van der Waals surface area contributed by atoms with E-state index in [-0.39, 0.29) is 6.61 Å². The Bertz CT molecular complexity index is 576. The van der Waals surface area contributed by atoms with Crippen LogP contribution in [0.25, 0.3) is 6.08 Å². The maximum atomic E-state index is 9.54. The Kier molecular flexibility index (Phi) is 4.93. The first-order chi connectivity index (χ1) is 9.69. The van der Waals surface area contributed by atoms with Gasteiger partial charge in [0.25, 0.3) is 0 Å². The van der Waals surface area contributed by atoms with E-state index in [1.807, 2.05) is 60.7 Å². The van der Waals surface area contributed by atoms with E-state index in [1.165, 1.54) is 0 Å². The smallest absolute Gasteiger partial charge is 0.128 e. The molecule has 2 aromatic rings. The molecule has 2 rings (SSSR count). The summed E-state index contributed by atoms with van der Waals surface area (Å²) in [6, 6.07) is 17.1. The summed E-state index contributed by atoms with van der Waals surface area (Å²) in [7, 11) is 0. The average Bonchev–Trinajstić information content (AvgIpc) is 2.47. The summed E-state index contributed by atoms with van der Waals surface area (Å²) in [6.45, 7) is 1.51. The minimum Gasteiger partial charge on any atom is -0.457 e. The summed E-state index contributed by atoms with van der Waals surface area (Å²) in [5.74, 6) is 1.51. The molecular formula is C17H18O3. The molecule has 104 valence electrons. The van der Waals surface area contributed by atoms with Crippen molar-refractivity contribution in [3.8, 4) is 11.5 Å². The molecular weight excluding hydrogens is 252 g/mol. The SMILES string of the molecule is C/C(=C\c1cccc(Oc2ccccc2)c1)[C@@H](O)CO. The fourth-order valence-electron chi connectivity index (χ4n) is 1.80. The van der Waals surface area contributed by atoms with Crippen molar-refractivity contribution in [1.82, 2.24) is 0 Å². The highest BCUT2D eigenvalue weighted by molar-refractivity contribution is 5.55. The van der Waals surface area contributed by atoms with E-state index in [1.54, 1.807) is 6.92 Å². The summed E-state index contributed by atoms with van der Waals surface area (Å²) in [5, 5.41) is 18.5. The van der Waals surface area contributed by atoms with Crippen molar-refractivity contribution in [2.45, 2.75) is 13.0 Å². The minimum absolute atomic E-state index is 0.275. The Labute approximate surface area is 118 Å². The van der Waals surface area contributed by atoms with Crippen molar-refractivity contribution in [2.24, 2.45) is 0 Å². The molecule has 0 saturated carbocycles. The third-order valence-corrected chi connectivity index (χ3v) is 2.93. The number of ether oxygens (including phenoxy) is 1. The van der Waals surface area contributed by atoms with Gasteiger partial charge >= 0.3 is 0 Å². The van der Waals surface area contributed by atoms with E-state index >= 15 is 0 Å². The van der Waals surface area contributed by atoms with Crippen LogP contribution in [-0.4, -0.2) is 22.9 Å². The summed E-state index contributed by atoms with van der Waals surface area (Å²) < 4.78 is 5.75. The lowest BCUT2D eigenvalue weighted by molar-refractivity contribution is 0.123. The van der Waals surface area contributed by atoms with Crippen molar-refractivity contribution < 1.29 is 14.9 Å². The monoisotopic (exact) mass is 270 g/mol. The average molecular weight is 270 g/mol. The largest absolute Gasteiger partial charge is 0.457 e. The first-order valence-electron chi connectivity index (χ1n) is 6.49. The van der Waals surface area contributed by atoms with Gasteiger partial charge in [-0.05, 0) is 42.3 Å². The quantitative estimate of drug-likeness (QED) is 0.877. The molecule has 0 fully saturated rings. The van der Waals surface area contributed by atoms with Crippen molar-refractivity contribution >= 4 is 6.08 Å². The molecule has 1 atom stereocenters. The molecule has 3 heteroatoms. The van der Waals surface area contributed by atoms with Crippen LogP contribution in [0.2, 0.25) is 0 Å². The zero-order chi connectivity index (χ0) is 14.4. The summed E-state index contributed by atoms with van der Waals surface area (Å²) >= 11 is 0. The summed E-state index contributed by atoms with van der Waals surface area (Å²) in [4.78, 5) is 0. The maximum absolute atomic E-state index is 9.54. The number of para-hydroxylation sites is 1. The zero-order valence-corrected chi connectivity index (χ0v) is 11.4. The molecule has 0 aliphatic rings. The highest BCUT2D eigenvalue weighted by atomic mass is 16.5. The molecule has 0 unspecified atom stereocenters. The molecule has 0 aliphatic heterocycles. The van der Waals surface area contributed by atoms with Crippen LogP contribution in [0.3, 0.4) is 0 Å². The van der Waals surface area contributed by atoms with Crippen molar-refractivity contribution in [3.05, 3.63) is 65.7 Å². The summed E-state index contributed by atoms with van der Waals surface area (Å²) in [6.07, 6.45) is 1.01. The Hall–Kier alpha value is -2.10. The molecule has 0 amide bonds. The number of rotatable bonds is 5. The number of hydrogen-bond acceptors (Lipinski definition) is 3. The van der Waals surface area contributed by atoms with Gasteiger partial charge in [0, 0.05) is 0 Å². The molecule has 0 spiro atoms. The normalized spacial score (nSPS) is 13.1. The standard InChI is InChI=1S/C17H18O3/c1-13(17(19)12-18)10-14-6-5-9-16(11-14)20-15-7-3-2-4-8-15/h2-11,17-19H,12H2,1H3/b13-10+/t17-/m0/s1. The van der Waals surface area contributed by atoms with Crippen LogP contribution in [0, 0.1) is 0 Å². The third-order valence-electron chi connectivity index (χ3n) is 2.93.